The number of imidazole rings is 1. The third kappa shape index (κ3) is 3.86. The predicted octanol–water partition coefficient (Wildman–Crippen LogP) is 2.44. The molecule has 7 nitrogen and oxygen atoms in total. The van der Waals surface area contributed by atoms with Crippen molar-refractivity contribution in [2.45, 2.75) is 32.2 Å². The van der Waals surface area contributed by atoms with E-state index in [0.29, 0.717) is 24.7 Å². The molecule has 0 unspecified atom stereocenters. The van der Waals surface area contributed by atoms with Crippen molar-refractivity contribution < 1.29 is 4.79 Å². The maximum Gasteiger partial charge on any atom is 0.274 e. The fourth-order valence-electron chi connectivity index (χ4n) is 3.51. The van der Waals surface area contributed by atoms with Gasteiger partial charge in [-0.2, -0.15) is 0 Å². The minimum atomic E-state index is -0.0407. The third-order valence-corrected chi connectivity index (χ3v) is 5.00. The molecule has 1 amide bonds. The van der Waals surface area contributed by atoms with Crippen LogP contribution in [0.25, 0.3) is 0 Å². The van der Waals surface area contributed by atoms with Gasteiger partial charge in [-0.15, -0.1) is 0 Å². The van der Waals surface area contributed by atoms with Crippen LogP contribution in [0, 0.1) is 6.92 Å². The van der Waals surface area contributed by atoms with Crippen molar-refractivity contribution in [2.75, 3.05) is 13.1 Å². The van der Waals surface area contributed by atoms with Crippen molar-refractivity contribution in [2.24, 2.45) is 0 Å². The maximum atomic E-state index is 12.6. The van der Waals surface area contributed by atoms with Crippen LogP contribution in [-0.2, 0) is 6.54 Å². The van der Waals surface area contributed by atoms with Crippen LogP contribution in [0.4, 0.5) is 0 Å². The van der Waals surface area contributed by atoms with E-state index in [2.05, 4.69) is 24.5 Å². The largest absolute Gasteiger partial charge is 0.337 e. The van der Waals surface area contributed by atoms with E-state index < -0.39 is 0 Å². The molecule has 4 heterocycles. The van der Waals surface area contributed by atoms with Crippen LogP contribution in [0.3, 0.4) is 0 Å². The number of nitrogens with zero attached hydrogens (tertiary/aromatic N) is 6. The first-order chi connectivity index (χ1) is 13.2. The van der Waals surface area contributed by atoms with E-state index >= 15 is 0 Å². The van der Waals surface area contributed by atoms with Crippen molar-refractivity contribution in [3.8, 4) is 0 Å². The van der Waals surface area contributed by atoms with E-state index in [4.69, 9.17) is 0 Å². The molecule has 27 heavy (non-hydrogen) atoms. The molecule has 7 heteroatoms. The standard InChI is InChI=1S/C20H22N6O/c1-15-12-24-18(13-23-15)20(27)25-9-4-17(5-10-25)19-22-8-11-26(19)14-16-2-6-21-7-3-16/h2-3,6-8,11-13,17H,4-5,9-10,14H2,1H3. The summed E-state index contributed by atoms with van der Waals surface area (Å²) in [5.41, 5.74) is 2.43. The third-order valence-electron chi connectivity index (χ3n) is 5.00. The van der Waals surface area contributed by atoms with Crippen LogP contribution in [0.5, 0.6) is 0 Å². The molecule has 138 valence electrons. The number of carbonyl (C=O) groups is 1. The summed E-state index contributed by atoms with van der Waals surface area (Å²) in [6.45, 7) is 4.07. The first-order valence-corrected chi connectivity index (χ1v) is 9.18. The number of aromatic nitrogens is 5. The molecule has 0 N–H and O–H groups in total. The second-order valence-electron chi connectivity index (χ2n) is 6.88. The van der Waals surface area contributed by atoms with Gasteiger partial charge in [-0.1, -0.05) is 0 Å². The number of hydrogen-bond acceptors (Lipinski definition) is 5. The highest BCUT2D eigenvalue weighted by atomic mass is 16.2. The van der Waals surface area contributed by atoms with Crippen LogP contribution < -0.4 is 0 Å². The number of carbonyl (C=O) groups excluding carboxylic acids is 1. The van der Waals surface area contributed by atoms with Crippen molar-refractivity contribution in [3.63, 3.8) is 0 Å². The number of amides is 1. The Balaban J connectivity index is 1.40. The Labute approximate surface area is 158 Å². The molecule has 0 atom stereocenters. The molecule has 0 aliphatic carbocycles. The molecular weight excluding hydrogens is 340 g/mol. The molecule has 1 fully saturated rings. The van der Waals surface area contributed by atoms with Gasteiger partial charge in [0.05, 0.1) is 11.9 Å². The van der Waals surface area contributed by atoms with Gasteiger partial charge in [0.25, 0.3) is 5.91 Å². The van der Waals surface area contributed by atoms with E-state index in [-0.39, 0.29) is 5.91 Å². The van der Waals surface area contributed by atoms with Crippen molar-refractivity contribution >= 4 is 5.91 Å². The van der Waals surface area contributed by atoms with Crippen molar-refractivity contribution in [1.29, 1.82) is 0 Å². The second kappa shape index (κ2) is 7.65. The zero-order valence-electron chi connectivity index (χ0n) is 15.3. The molecule has 4 rings (SSSR count). The van der Waals surface area contributed by atoms with Crippen LogP contribution in [-0.4, -0.2) is 48.4 Å². The molecule has 1 aliphatic rings. The van der Waals surface area contributed by atoms with Gasteiger partial charge < -0.3 is 9.47 Å². The number of piperidine rings is 1. The highest BCUT2D eigenvalue weighted by molar-refractivity contribution is 5.92. The normalized spacial score (nSPS) is 15.1. The summed E-state index contributed by atoms with van der Waals surface area (Å²) in [5.74, 6) is 1.41. The average molecular weight is 362 g/mol. The number of hydrogen-bond donors (Lipinski definition) is 0. The Hall–Kier alpha value is -3.09. The second-order valence-corrected chi connectivity index (χ2v) is 6.88. The molecule has 0 radical (unpaired) electrons. The van der Waals surface area contributed by atoms with Gasteiger partial charge in [-0.05, 0) is 37.5 Å². The van der Waals surface area contributed by atoms with Crippen molar-refractivity contribution in [3.05, 3.63) is 72.1 Å². The summed E-state index contributed by atoms with van der Waals surface area (Å²) >= 11 is 0. The molecular formula is C20H22N6O. The Morgan fingerprint density at radius 2 is 1.85 bits per heavy atom. The Kier molecular flexibility index (Phi) is 4.91. The SMILES string of the molecule is Cc1cnc(C(=O)N2CCC(c3nccn3Cc3ccncc3)CC2)cn1. The summed E-state index contributed by atoms with van der Waals surface area (Å²) in [4.78, 5) is 31.5. The van der Waals surface area contributed by atoms with E-state index in [1.54, 1.807) is 12.4 Å². The minimum absolute atomic E-state index is 0.0407. The van der Waals surface area contributed by atoms with Gasteiger partial charge in [0, 0.05) is 56.5 Å². The van der Waals surface area contributed by atoms with Gasteiger partial charge in [-0.3, -0.25) is 14.8 Å². The molecule has 1 aliphatic heterocycles. The number of rotatable bonds is 4. The van der Waals surface area contributed by atoms with Crippen LogP contribution in [0.1, 0.15) is 46.3 Å². The summed E-state index contributed by atoms with van der Waals surface area (Å²) in [7, 11) is 0. The van der Waals surface area contributed by atoms with Gasteiger partial charge in [-0.25, -0.2) is 9.97 Å². The van der Waals surface area contributed by atoms with E-state index in [9.17, 15) is 4.79 Å². The lowest BCUT2D eigenvalue weighted by molar-refractivity contribution is 0.0704. The smallest absolute Gasteiger partial charge is 0.274 e. The first-order valence-electron chi connectivity index (χ1n) is 9.18. The molecule has 1 saturated heterocycles. The zero-order chi connectivity index (χ0) is 18.6. The molecule has 3 aromatic rings. The Morgan fingerprint density at radius 3 is 2.56 bits per heavy atom. The van der Waals surface area contributed by atoms with Gasteiger partial charge in [0.15, 0.2) is 0 Å². The maximum absolute atomic E-state index is 12.6. The molecule has 3 aromatic heterocycles. The van der Waals surface area contributed by atoms with Crippen molar-refractivity contribution in [1.82, 2.24) is 29.4 Å². The molecule has 0 saturated carbocycles. The highest BCUT2D eigenvalue weighted by Crippen LogP contribution is 2.28. The summed E-state index contributed by atoms with van der Waals surface area (Å²) < 4.78 is 2.20. The van der Waals surface area contributed by atoms with Gasteiger partial charge in [0.1, 0.15) is 11.5 Å². The monoisotopic (exact) mass is 362 g/mol. The molecule has 0 bridgehead atoms. The minimum Gasteiger partial charge on any atom is -0.337 e. The number of likely N-dealkylation sites (tertiary alicyclic amines) is 1. The zero-order valence-corrected chi connectivity index (χ0v) is 15.3. The first kappa shape index (κ1) is 17.3. The van der Waals surface area contributed by atoms with Gasteiger partial charge >= 0.3 is 0 Å². The summed E-state index contributed by atoms with van der Waals surface area (Å²) in [6.07, 6.45) is 12.5. The average Bonchev–Trinajstić information content (AvgIpc) is 3.17. The van der Waals surface area contributed by atoms with Gasteiger partial charge in [0.2, 0.25) is 0 Å². The van der Waals surface area contributed by atoms with E-state index in [0.717, 1.165) is 30.9 Å². The Morgan fingerprint density at radius 1 is 1.07 bits per heavy atom. The topological polar surface area (TPSA) is 76.8 Å². The van der Waals surface area contributed by atoms with E-state index in [1.165, 1.54) is 5.56 Å². The Bertz CT molecular complexity index is 898. The highest BCUT2D eigenvalue weighted by Gasteiger charge is 2.27. The summed E-state index contributed by atoms with van der Waals surface area (Å²) in [5, 5.41) is 0. The fraction of sp³-hybridized carbons (Fsp3) is 0.350. The molecule has 0 aromatic carbocycles. The lowest BCUT2D eigenvalue weighted by atomic mass is 9.95. The molecule has 0 spiro atoms. The van der Waals surface area contributed by atoms with Crippen LogP contribution in [0.2, 0.25) is 0 Å². The van der Waals surface area contributed by atoms with E-state index in [1.807, 2.05) is 48.7 Å². The lowest BCUT2D eigenvalue weighted by Gasteiger charge is -2.31. The summed E-state index contributed by atoms with van der Waals surface area (Å²) in [6, 6.07) is 4.04. The predicted molar refractivity (Wildman–Crippen MR) is 100 cm³/mol. The van der Waals surface area contributed by atoms with Crippen LogP contribution in [0.15, 0.2) is 49.3 Å². The quantitative estimate of drug-likeness (QED) is 0.712. The van der Waals surface area contributed by atoms with Crippen LogP contribution >= 0.6 is 0 Å². The lowest BCUT2D eigenvalue weighted by Crippen LogP contribution is -2.38. The fourth-order valence-corrected chi connectivity index (χ4v) is 3.51. The number of aryl methyl sites for hydroxylation is 1. The number of pyridine rings is 1.